The standard InChI is InChI=1S/C18H22ClNO3/c1-13(15-4-3-5-16(19)11-15)20-12-14-6-7-17(23-9-8-21)18(10-14)22-2/h3-7,10-11,13,20-21H,8-9,12H2,1-2H3. The lowest BCUT2D eigenvalue weighted by atomic mass is 10.1. The van der Waals surface area contributed by atoms with Crippen molar-refractivity contribution in [1.82, 2.24) is 5.32 Å². The van der Waals surface area contributed by atoms with Gasteiger partial charge in [0.25, 0.3) is 0 Å². The molecular formula is C18H22ClNO3. The average Bonchev–Trinajstić information content (AvgIpc) is 2.58. The zero-order valence-corrected chi connectivity index (χ0v) is 14.1. The van der Waals surface area contributed by atoms with Gasteiger partial charge in [-0.3, -0.25) is 0 Å². The van der Waals surface area contributed by atoms with E-state index in [2.05, 4.69) is 18.3 Å². The second-order valence-electron chi connectivity index (χ2n) is 5.21. The zero-order chi connectivity index (χ0) is 16.7. The van der Waals surface area contributed by atoms with Crippen LogP contribution in [0.3, 0.4) is 0 Å². The Morgan fingerprint density at radius 2 is 2.00 bits per heavy atom. The van der Waals surface area contributed by atoms with Gasteiger partial charge in [-0.15, -0.1) is 0 Å². The van der Waals surface area contributed by atoms with E-state index in [0.717, 1.165) is 16.1 Å². The highest BCUT2D eigenvalue weighted by Crippen LogP contribution is 2.28. The summed E-state index contributed by atoms with van der Waals surface area (Å²) in [5.41, 5.74) is 2.24. The Balaban J connectivity index is 2.00. The SMILES string of the molecule is COc1cc(CNC(C)c2cccc(Cl)c2)ccc1OCCO. The van der Waals surface area contributed by atoms with Gasteiger partial charge < -0.3 is 19.9 Å². The van der Waals surface area contributed by atoms with E-state index in [1.54, 1.807) is 7.11 Å². The summed E-state index contributed by atoms with van der Waals surface area (Å²) in [5.74, 6) is 1.29. The van der Waals surface area contributed by atoms with Crippen LogP contribution in [0.25, 0.3) is 0 Å². The molecule has 0 saturated carbocycles. The largest absolute Gasteiger partial charge is 0.493 e. The van der Waals surface area contributed by atoms with Gasteiger partial charge in [-0.25, -0.2) is 0 Å². The first kappa shape index (κ1) is 17.6. The van der Waals surface area contributed by atoms with E-state index in [1.165, 1.54) is 0 Å². The van der Waals surface area contributed by atoms with Crippen molar-refractivity contribution in [2.75, 3.05) is 20.3 Å². The van der Waals surface area contributed by atoms with Gasteiger partial charge in [0.1, 0.15) is 6.61 Å². The highest BCUT2D eigenvalue weighted by molar-refractivity contribution is 6.30. The summed E-state index contributed by atoms with van der Waals surface area (Å²) in [5, 5.41) is 13.0. The van der Waals surface area contributed by atoms with Gasteiger partial charge in [-0.1, -0.05) is 29.8 Å². The van der Waals surface area contributed by atoms with Crippen LogP contribution in [0, 0.1) is 0 Å². The maximum absolute atomic E-state index is 8.83. The third-order valence-corrected chi connectivity index (χ3v) is 3.77. The molecule has 4 nitrogen and oxygen atoms in total. The number of aliphatic hydroxyl groups is 1. The van der Waals surface area contributed by atoms with Crippen LogP contribution in [0.1, 0.15) is 24.1 Å². The third-order valence-electron chi connectivity index (χ3n) is 3.54. The molecule has 0 saturated heterocycles. The van der Waals surface area contributed by atoms with Crippen molar-refractivity contribution < 1.29 is 14.6 Å². The Morgan fingerprint density at radius 3 is 2.70 bits per heavy atom. The smallest absolute Gasteiger partial charge is 0.161 e. The van der Waals surface area contributed by atoms with E-state index in [9.17, 15) is 0 Å². The minimum Gasteiger partial charge on any atom is -0.493 e. The van der Waals surface area contributed by atoms with Gasteiger partial charge in [0.15, 0.2) is 11.5 Å². The fraction of sp³-hybridized carbons (Fsp3) is 0.333. The number of aliphatic hydroxyl groups excluding tert-OH is 1. The van der Waals surface area contributed by atoms with E-state index in [-0.39, 0.29) is 19.3 Å². The van der Waals surface area contributed by atoms with Crippen LogP contribution >= 0.6 is 11.6 Å². The van der Waals surface area contributed by atoms with Gasteiger partial charge in [0.05, 0.1) is 13.7 Å². The van der Waals surface area contributed by atoms with Gasteiger partial charge >= 0.3 is 0 Å². The molecule has 2 N–H and O–H groups in total. The fourth-order valence-electron chi connectivity index (χ4n) is 2.26. The normalized spacial score (nSPS) is 12.0. The van der Waals surface area contributed by atoms with Gasteiger partial charge in [0, 0.05) is 17.6 Å². The first-order valence-electron chi connectivity index (χ1n) is 7.53. The molecule has 0 radical (unpaired) electrons. The Kier molecular flexibility index (Phi) is 6.71. The highest BCUT2D eigenvalue weighted by Gasteiger charge is 2.08. The molecule has 0 heterocycles. The summed E-state index contributed by atoms with van der Waals surface area (Å²) in [6, 6.07) is 13.8. The Labute approximate surface area is 142 Å². The second kappa shape index (κ2) is 8.77. The van der Waals surface area contributed by atoms with E-state index in [4.69, 9.17) is 26.2 Å². The summed E-state index contributed by atoms with van der Waals surface area (Å²) in [4.78, 5) is 0. The molecule has 1 unspecified atom stereocenters. The molecule has 124 valence electrons. The van der Waals surface area contributed by atoms with Crippen LogP contribution in [0.4, 0.5) is 0 Å². The topological polar surface area (TPSA) is 50.7 Å². The first-order chi connectivity index (χ1) is 11.1. The van der Waals surface area contributed by atoms with E-state index in [0.29, 0.717) is 18.0 Å². The highest BCUT2D eigenvalue weighted by atomic mass is 35.5. The molecule has 0 fully saturated rings. The Hall–Kier alpha value is -1.75. The van der Waals surface area contributed by atoms with E-state index < -0.39 is 0 Å². The molecule has 5 heteroatoms. The lowest BCUT2D eigenvalue weighted by Crippen LogP contribution is -2.18. The maximum Gasteiger partial charge on any atom is 0.161 e. The molecule has 0 spiro atoms. The first-order valence-corrected chi connectivity index (χ1v) is 7.91. The predicted octanol–water partition coefficient (Wildman–Crippen LogP) is 3.57. The Bertz CT molecular complexity index is 633. The molecule has 2 aromatic rings. The fourth-order valence-corrected chi connectivity index (χ4v) is 2.46. The third kappa shape index (κ3) is 5.13. The monoisotopic (exact) mass is 335 g/mol. The van der Waals surface area contributed by atoms with Crippen LogP contribution in [0.5, 0.6) is 11.5 Å². The van der Waals surface area contributed by atoms with Crippen molar-refractivity contribution in [1.29, 1.82) is 0 Å². The van der Waals surface area contributed by atoms with Gasteiger partial charge in [0.2, 0.25) is 0 Å². The van der Waals surface area contributed by atoms with Crippen LogP contribution in [0.2, 0.25) is 5.02 Å². The van der Waals surface area contributed by atoms with Crippen LogP contribution < -0.4 is 14.8 Å². The summed E-state index contributed by atoms with van der Waals surface area (Å²) in [7, 11) is 1.60. The molecule has 0 amide bonds. The van der Waals surface area contributed by atoms with Crippen molar-refractivity contribution in [2.24, 2.45) is 0 Å². The molecule has 0 aliphatic rings. The molecule has 2 rings (SSSR count). The molecule has 2 aromatic carbocycles. The van der Waals surface area contributed by atoms with Crippen LogP contribution in [-0.4, -0.2) is 25.4 Å². The molecule has 1 atom stereocenters. The molecule has 0 aromatic heterocycles. The number of hydrogen-bond donors (Lipinski definition) is 2. The summed E-state index contributed by atoms with van der Waals surface area (Å²) < 4.78 is 10.8. The van der Waals surface area contributed by atoms with Crippen molar-refractivity contribution in [3.63, 3.8) is 0 Å². The Morgan fingerprint density at radius 1 is 1.17 bits per heavy atom. The summed E-state index contributed by atoms with van der Waals surface area (Å²) in [6.45, 7) is 3.02. The molecular weight excluding hydrogens is 314 g/mol. The van der Waals surface area contributed by atoms with Crippen molar-refractivity contribution in [2.45, 2.75) is 19.5 Å². The van der Waals surface area contributed by atoms with Crippen LogP contribution in [0.15, 0.2) is 42.5 Å². The lowest BCUT2D eigenvalue weighted by Gasteiger charge is -2.16. The number of ether oxygens (including phenoxy) is 2. The lowest BCUT2D eigenvalue weighted by molar-refractivity contribution is 0.196. The minimum atomic E-state index is -0.0242. The van der Waals surface area contributed by atoms with Gasteiger partial charge in [-0.05, 0) is 42.3 Å². The number of methoxy groups -OCH3 is 1. The zero-order valence-electron chi connectivity index (χ0n) is 13.4. The number of rotatable bonds is 8. The maximum atomic E-state index is 8.83. The molecule has 0 bridgehead atoms. The van der Waals surface area contributed by atoms with Crippen molar-refractivity contribution >= 4 is 11.6 Å². The molecule has 0 aliphatic heterocycles. The number of halogens is 1. The number of benzene rings is 2. The van der Waals surface area contributed by atoms with Crippen molar-refractivity contribution in [3.05, 3.63) is 58.6 Å². The summed E-state index contributed by atoms with van der Waals surface area (Å²) in [6.07, 6.45) is 0. The minimum absolute atomic E-state index is 0.0242. The van der Waals surface area contributed by atoms with E-state index >= 15 is 0 Å². The quantitative estimate of drug-likeness (QED) is 0.774. The van der Waals surface area contributed by atoms with Gasteiger partial charge in [-0.2, -0.15) is 0 Å². The summed E-state index contributed by atoms with van der Waals surface area (Å²) >= 11 is 6.03. The predicted molar refractivity (Wildman–Crippen MR) is 92.3 cm³/mol. The van der Waals surface area contributed by atoms with Crippen LogP contribution in [-0.2, 0) is 6.54 Å². The van der Waals surface area contributed by atoms with E-state index in [1.807, 2.05) is 36.4 Å². The average molecular weight is 336 g/mol. The molecule has 0 aliphatic carbocycles. The number of hydrogen-bond acceptors (Lipinski definition) is 4. The second-order valence-corrected chi connectivity index (χ2v) is 5.65. The molecule has 23 heavy (non-hydrogen) atoms. The van der Waals surface area contributed by atoms with Crippen molar-refractivity contribution in [3.8, 4) is 11.5 Å². The number of nitrogens with one attached hydrogen (secondary N) is 1.